The van der Waals surface area contributed by atoms with Gasteiger partial charge in [-0.05, 0) is 49.4 Å². The predicted molar refractivity (Wildman–Crippen MR) is 107 cm³/mol. The Balaban J connectivity index is 1.39. The maximum atomic E-state index is 12.4. The molecule has 8 heteroatoms. The van der Waals surface area contributed by atoms with Crippen LogP contribution in [0.4, 0.5) is 0 Å². The van der Waals surface area contributed by atoms with Crippen molar-refractivity contribution in [2.45, 2.75) is 38.6 Å². The molecule has 0 aliphatic heterocycles. The highest BCUT2D eigenvalue weighted by atomic mass is 32.1. The smallest absolute Gasteiger partial charge is 0.279 e. The molecule has 0 saturated heterocycles. The van der Waals surface area contributed by atoms with Crippen molar-refractivity contribution in [3.8, 4) is 0 Å². The van der Waals surface area contributed by atoms with Crippen LogP contribution >= 0.6 is 11.3 Å². The molecule has 0 spiro atoms. The fraction of sp³-hybridized carbons (Fsp3) is 0.300. The lowest BCUT2D eigenvalue weighted by molar-refractivity contribution is -0.122. The summed E-state index contributed by atoms with van der Waals surface area (Å²) in [7, 11) is 0. The van der Waals surface area contributed by atoms with Crippen LogP contribution in [0.5, 0.6) is 0 Å². The second-order valence-corrected chi connectivity index (χ2v) is 7.95. The molecule has 3 aromatic rings. The first-order chi connectivity index (χ1) is 13.6. The Hall–Kier alpha value is -3.00. The quantitative estimate of drug-likeness (QED) is 0.524. The zero-order chi connectivity index (χ0) is 19.5. The summed E-state index contributed by atoms with van der Waals surface area (Å²) < 4.78 is 1.22. The van der Waals surface area contributed by atoms with Gasteiger partial charge >= 0.3 is 0 Å². The number of hydrogen-bond acceptors (Lipinski definition) is 5. The third-order valence-electron chi connectivity index (χ3n) is 4.83. The molecule has 28 heavy (non-hydrogen) atoms. The SMILES string of the molecule is O=C(Cn1cnc2ccccc2c1=O)NNC(=O)c1cc2c(s1)CCCCC2. The minimum absolute atomic E-state index is 0.224. The van der Waals surface area contributed by atoms with E-state index in [2.05, 4.69) is 15.8 Å². The van der Waals surface area contributed by atoms with Gasteiger partial charge in [0.05, 0.1) is 22.1 Å². The van der Waals surface area contributed by atoms with Crippen molar-refractivity contribution >= 4 is 34.1 Å². The van der Waals surface area contributed by atoms with Crippen LogP contribution in [0, 0.1) is 0 Å². The zero-order valence-electron chi connectivity index (χ0n) is 15.2. The fourth-order valence-electron chi connectivity index (χ4n) is 3.38. The van der Waals surface area contributed by atoms with E-state index in [1.807, 2.05) is 6.07 Å². The highest BCUT2D eigenvalue weighted by Gasteiger charge is 2.17. The topological polar surface area (TPSA) is 93.1 Å². The van der Waals surface area contributed by atoms with Gasteiger partial charge in [-0.3, -0.25) is 29.8 Å². The molecule has 2 amide bonds. The number of thiophene rings is 1. The van der Waals surface area contributed by atoms with Crippen molar-refractivity contribution in [2.75, 3.05) is 0 Å². The van der Waals surface area contributed by atoms with Crippen LogP contribution in [0.1, 0.15) is 39.4 Å². The van der Waals surface area contributed by atoms with E-state index in [0.717, 1.165) is 25.7 Å². The minimum Gasteiger partial charge on any atom is -0.289 e. The molecular weight excluding hydrogens is 376 g/mol. The molecule has 2 heterocycles. The summed E-state index contributed by atoms with van der Waals surface area (Å²) in [5, 5.41) is 0.446. The molecule has 0 saturated carbocycles. The normalized spacial score (nSPS) is 13.6. The first kappa shape index (κ1) is 18.4. The highest BCUT2D eigenvalue weighted by Crippen LogP contribution is 2.28. The van der Waals surface area contributed by atoms with Crippen LogP contribution in [0.3, 0.4) is 0 Å². The number of aromatic nitrogens is 2. The number of amides is 2. The average Bonchev–Trinajstić information content (AvgIpc) is 2.99. The molecule has 7 nitrogen and oxygen atoms in total. The Kier molecular flexibility index (Phi) is 5.21. The average molecular weight is 396 g/mol. The number of nitrogens with zero attached hydrogens (tertiary/aromatic N) is 2. The molecule has 0 radical (unpaired) electrons. The molecule has 0 atom stereocenters. The Morgan fingerprint density at radius 1 is 1.11 bits per heavy atom. The van der Waals surface area contributed by atoms with Gasteiger partial charge in [0, 0.05) is 4.88 Å². The molecule has 144 valence electrons. The fourth-order valence-corrected chi connectivity index (χ4v) is 4.53. The molecule has 1 aliphatic carbocycles. The first-order valence-corrected chi connectivity index (χ1v) is 10.1. The molecule has 1 aliphatic rings. The molecule has 0 fully saturated rings. The number of carbonyl (C=O) groups is 2. The van der Waals surface area contributed by atoms with Gasteiger partial charge in [0.25, 0.3) is 17.4 Å². The lowest BCUT2D eigenvalue weighted by Gasteiger charge is -2.08. The Bertz CT molecular complexity index is 1080. The van der Waals surface area contributed by atoms with E-state index in [1.54, 1.807) is 24.3 Å². The summed E-state index contributed by atoms with van der Waals surface area (Å²) in [5.41, 5.74) is 6.34. The van der Waals surface area contributed by atoms with Crippen LogP contribution < -0.4 is 16.4 Å². The monoisotopic (exact) mass is 396 g/mol. The maximum absolute atomic E-state index is 12.4. The third-order valence-corrected chi connectivity index (χ3v) is 6.07. The number of aryl methyl sites for hydroxylation is 2. The Morgan fingerprint density at radius 2 is 1.93 bits per heavy atom. The standard InChI is InChI=1S/C20H20N4O3S/c25-18(11-24-12-21-15-8-5-4-7-14(15)20(24)27)22-23-19(26)17-10-13-6-2-1-3-9-16(13)28-17/h4-5,7-8,10,12H,1-3,6,9,11H2,(H,22,25)(H,23,26). The number of carbonyl (C=O) groups excluding carboxylic acids is 2. The molecule has 4 rings (SSSR count). The molecule has 2 N–H and O–H groups in total. The molecule has 1 aromatic carbocycles. The summed E-state index contributed by atoms with van der Waals surface area (Å²) >= 11 is 1.49. The number of hydrazine groups is 1. The first-order valence-electron chi connectivity index (χ1n) is 9.27. The van der Waals surface area contributed by atoms with Crippen molar-refractivity contribution in [3.63, 3.8) is 0 Å². The van der Waals surface area contributed by atoms with Crippen LogP contribution in [-0.2, 0) is 24.2 Å². The number of benzene rings is 1. The number of nitrogens with one attached hydrogen (secondary N) is 2. The third kappa shape index (κ3) is 3.82. The van der Waals surface area contributed by atoms with E-state index in [9.17, 15) is 14.4 Å². The van der Waals surface area contributed by atoms with Gasteiger partial charge in [-0.1, -0.05) is 18.6 Å². The molecular formula is C20H20N4O3S. The summed E-state index contributed by atoms with van der Waals surface area (Å²) in [4.78, 5) is 43.0. The van der Waals surface area contributed by atoms with Crippen molar-refractivity contribution in [1.82, 2.24) is 20.4 Å². The number of hydrogen-bond donors (Lipinski definition) is 2. The second-order valence-electron chi connectivity index (χ2n) is 6.82. The molecule has 0 unspecified atom stereocenters. The minimum atomic E-state index is -0.495. The van der Waals surface area contributed by atoms with E-state index in [-0.39, 0.29) is 18.0 Å². The van der Waals surface area contributed by atoms with E-state index >= 15 is 0 Å². The predicted octanol–water partition coefficient (Wildman–Crippen LogP) is 2.19. The van der Waals surface area contributed by atoms with Crippen molar-refractivity contribution in [1.29, 1.82) is 0 Å². The molecule has 0 bridgehead atoms. The van der Waals surface area contributed by atoms with E-state index in [4.69, 9.17) is 0 Å². The van der Waals surface area contributed by atoms with Gasteiger partial charge in [0.1, 0.15) is 6.54 Å². The zero-order valence-corrected chi connectivity index (χ0v) is 16.1. The number of fused-ring (bicyclic) bond motifs is 2. The highest BCUT2D eigenvalue weighted by molar-refractivity contribution is 7.14. The van der Waals surface area contributed by atoms with Gasteiger partial charge in [-0.15, -0.1) is 11.3 Å². The summed E-state index contributed by atoms with van der Waals surface area (Å²) in [6.07, 6.45) is 6.88. The van der Waals surface area contributed by atoms with Crippen molar-refractivity contribution in [2.24, 2.45) is 0 Å². The van der Waals surface area contributed by atoms with E-state index in [1.165, 1.54) is 39.1 Å². The summed E-state index contributed by atoms with van der Waals surface area (Å²) in [5.74, 6) is -0.832. The van der Waals surface area contributed by atoms with Gasteiger partial charge in [0.15, 0.2) is 0 Å². The van der Waals surface area contributed by atoms with Gasteiger partial charge in [0.2, 0.25) is 0 Å². The molecule has 2 aromatic heterocycles. The van der Waals surface area contributed by atoms with Crippen molar-refractivity contribution in [3.05, 3.63) is 62.3 Å². The van der Waals surface area contributed by atoms with Gasteiger partial charge in [-0.25, -0.2) is 4.98 Å². The van der Waals surface area contributed by atoms with E-state index in [0.29, 0.717) is 15.8 Å². The Morgan fingerprint density at radius 3 is 2.82 bits per heavy atom. The lowest BCUT2D eigenvalue weighted by Crippen LogP contribution is -2.44. The van der Waals surface area contributed by atoms with Gasteiger partial charge in [-0.2, -0.15) is 0 Å². The van der Waals surface area contributed by atoms with Crippen LogP contribution in [-0.4, -0.2) is 21.4 Å². The second kappa shape index (κ2) is 7.93. The maximum Gasteiger partial charge on any atom is 0.279 e. The van der Waals surface area contributed by atoms with Crippen LogP contribution in [0.15, 0.2) is 41.5 Å². The van der Waals surface area contributed by atoms with Crippen LogP contribution in [0.25, 0.3) is 10.9 Å². The number of rotatable bonds is 3. The largest absolute Gasteiger partial charge is 0.289 e. The lowest BCUT2D eigenvalue weighted by atomic mass is 10.1. The number of para-hydroxylation sites is 1. The summed E-state index contributed by atoms with van der Waals surface area (Å²) in [6.45, 7) is -0.224. The summed E-state index contributed by atoms with van der Waals surface area (Å²) in [6, 6.07) is 8.88. The van der Waals surface area contributed by atoms with Crippen LogP contribution in [0.2, 0.25) is 0 Å². The van der Waals surface area contributed by atoms with E-state index < -0.39 is 5.91 Å². The van der Waals surface area contributed by atoms with Gasteiger partial charge < -0.3 is 0 Å². The Labute approximate surface area is 165 Å². The van der Waals surface area contributed by atoms with Crippen molar-refractivity contribution < 1.29 is 9.59 Å².